The van der Waals surface area contributed by atoms with Gasteiger partial charge in [0.15, 0.2) is 0 Å². The smallest absolute Gasteiger partial charge is 0.336 e. The number of barbiturate groups is 1. The van der Waals surface area contributed by atoms with Crippen LogP contribution >= 0.6 is 11.6 Å². The first-order valence-corrected chi connectivity index (χ1v) is 14.6. The highest BCUT2D eigenvalue weighted by atomic mass is 35.5. The molecule has 10 heteroatoms. The predicted molar refractivity (Wildman–Crippen MR) is 169 cm³/mol. The van der Waals surface area contributed by atoms with Crippen LogP contribution in [0.1, 0.15) is 36.4 Å². The molecule has 1 saturated heterocycles. The van der Waals surface area contributed by atoms with Gasteiger partial charge in [-0.05, 0) is 99.5 Å². The van der Waals surface area contributed by atoms with Crippen molar-refractivity contribution in [3.63, 3.8) is 0 Å². The van der Waals surface area contributed by atoms with Gasteiger partial charge in [0.05, 0.1) is 18.9 Å². The van der Waals surface area contributed by atoms with Crippen LogP contribution in [0.25, 0.3) is 11.8 Å². The van der Waals surface area contributed by atoms with E-state index in [1.807, 2.05) is 79.9 Å². The highest BCUT2D eigenvalue weighted by Crippen LogP contribution is 2.35. The van der Waals surface area contributed by atoms with E-state index in [1.54, 1.807) is 25.1 Å². The zero-order valence-electron chi connectivity index (χ0n) is 24.8. The zero-order chi connectivity index (χ0) is 31.4. The largest absolute Gasteiger partial charge is 0.494 e. The number of ether oxygens (including phenoxy) is 3. The van der Waals surface area contributed by atoms with E-state index < -0.39 is 17.8 Å². The van der Waals surface area contributed by atoms with Gasteiger partial charge < -0.3 is 18.8 Å². The number of hydrogen-bond acceptors (Lipinski definition) is 6. The monoisotopic (exact) mass is 613 g/mol. The molecule has 1 aliphatic rings. The molecule has 0 atom stereocenters. The maximum absolute atomic E-state index is 13.7. The summed E-state index contributed by atoms with van der Waals surface area (Å²) >= 11 is 5.96. The second-order valence-electron chi connectivity index (χ2n) is 10.0. The number of amides is 4. The molecule has 226 valence electrons. The molecule has 5 rings (SSSR count). The average molecular weight is 614 g/mol. The Morgan fingerprint density at radius 1 is 0.818 bits per heavy atom. The zero-order valence-corrected chi connectivity index (χ0v) is 25.6. The molecule has 0 aliphatic carbocycles. The van der Waals surface area contributed by atoms with Crippen molar-refractivity contribution in [2.45, 2.75) is 34.3 Å². The Morgan fingerprint density at radius 2 is 1.50 bits per heavy atom. The van der Waals surface area contributed by atoms with E-state index >= 15 is 0 Å². The minimum Gasteiger partial charge on any atom is -0.494 e. The van der Waals surface area contributed by atoms with Crippen molar-refractivity contribution in [3.8, 4) is 22.9 Å². The summed E-state index contributed by atoms with van der Waals surface area (Å²) in [5.74, 6) is -0.0593. The number of imide groups is 2. The standard InChI is InChI=1S/C34H32ClN3O6/c1-5-42-28-15-16-31(43-6-2)30(19-28)38-33(40)29(32(39)36-34(38)41)18-24-17-21(3)37(22(24)4)26-11-13-27(14-12-26)44-20-23-7-9-25(35)10-8-23/h7-19H,5-6,20H2,1-4H3,(H,36,39,41)/b29-18+. The first-order chi connectivity index (χ1) is 21.2. The number of nitrogens with one attached hydrogen (secondary N) is 1. The Labute approximate surface area is 260 Å². The van der Waals surface area contributed by atoms with Crippen LogP contribution in [0.15, 0.2) is 78.4 Å². The highest BCUT2D eigenvalue weighted by molar-refractivity contribution is 6.39. The summed E-state index contributed by atoms with van der Waals surface area (Å²) in [5.41, 5.74) is 4.25. The van der Waals surface area contributed by atoms with Gasteiger partial charge in [0.25, 0.3) is 11.8 Å². The van der Waals surface area contributed by atoms with Gasteiger partial charge >= 0.3 is 6.03 Å². The van der Waals surface area contributed by atoms with Gasteiger partial charge in [-0.25, -0.2) is 9.69 Å². The van der Waals surface area contributed by atoms with Crippen LogP contribution < -0.4 is 24.4 Å². The topological polar surface area (TPSA) is 99.1 Å². The van der Waals surface area contributed by atoms with Crippen molar-refractivity contribution in [1.29, 1.82) is 0 Å². The Kier molecular flexibility index (Phi) is 9.06. The summed E-state index contributed by atoms with van der Waals surface area (Å²) in [6.07, 6.45) is 1.51. The summed E-state index contributed by atoms with van der Waals surface area (Å²) in [4.78, 5) is 40.5. The third kappa shape index (κ3) is 6.33. The van der Waals surface area contributed by atoms with Crippen LogP contribution in [0, 0.1) is 13.8 Å². The summed E-state index contributed by atoms with van der Waals surface area (Å²) < 4.78 is 19.2. The SMILES string of the molecule is CCOc1ccc(OCC)c(N2C(=O)NC(=O)/C(=C\c3cc(C)n(-c4ccc(OCc5ccc(Cl)cc5)cc4)c3C)C2=O)c1. The van der Waals surface area contributed by atoms with Crippen molar-refractivity contribution in [3.05, 3.63) is 106 Å². The van der Waals surface area contributed by atoms with Gasteiger partial charge in [0.1, 0.15) is 29.4 Å². The third-order valence-electron chi connectivity index (χ3n) is 7.07. The first-order valence-electron chi connectivity index (χ1n) is 14.2. The van der Waals surface area contributed by atoms with E-state index in [2.05, 4.69) is 5.32 Å². The van der Waals surface area contributed by atoms with E-state index in [1.165, 1.54) is 6.08 Å². The number of halogens is 1. The number of nitrogens with zero attached hydrogens (tertiary/aromatic N) is 2. The maximum Gasteiger partial charge on any atom is 0.336 e. The molecule has 0 spiro atoms. The number of anilines is 1. The van der Waals surface area contributed by atoms with Crippen molar-refractivity contribution in [2.75, 3.05) is 18.1 Å². The van der Waals surface area contributed by atoms with Crippen LogP contribution in [-0.4, -0.2) is 35.6 Å². The molecular formula is C34H32ClN3O6. The number of aromatic nitrogens is 1. The Morgan fingerprint density at radius 3 is 2.18 bits per heavy atom. The fraction of sp³-hybridized carbons (Fsp3) is 0.206. The van der Waals surface area contributed by atoms with Crippen molar-refractivity contribution >= 4 is 41.2 Å². The van der Waals surface area contributed by atoms with Gasteiger partial charge in [0.2, 0.25) is 0 Å². The van der Waals surface area contributed by atoms with Gasteiger partial charge in [-0.1, -0.05) is 23.7 Å². The minimum atomic E-state index is -0.865. The number of benzene rings is 3. The lowest BCUT2D eigenvalue weighted by atomic mass is 10.1. The molecule has 4 amide bonds. The van der Waals surface area contributed by atoms with Crippen LogP contribution in [-0.2, 0) is 16.2 Å². The molecule has 1 N–H and O–H groups in total. The number of carbonyl (C=O) groups excluding carboxylic acids is 3. The van der Waals surface area contributed by atoms with Crippen LogP contribution in [0.4, 0.5) is 10.5 Å². The fourth-order valence-corrected chi connectivity index (χ4v) is 5.13. The number of rotatable bonds is 10. The number of hydrogen-bond donors (Lipinski definition) is 1. The lowest BCUT2D eigenvalue weighted by Crippen LogP contribution is -2.54. The quantitative estimate of drug-likeness (QED) is 0.156. The van der Waals surface area contributed by atoms with Crippen molar-refractivity contribution < 1.29 is 28.6 Å². The minimum absolute atomic E-state index is 0.181. The molecule has 0 radical (unpaired) electrons. The van der Waals surface area contributed by atoms with Crippen molar-refractivity contribution in [2.24, 2.45) is 0 Å². The van der Waals surface area contributed by atoms with Crippen LogP contribution in [0.5, 0.6) is 17.2 Å². The van der Waals surface area contributed by atoms with E-state index in [0.29, 0.717) is 47.7 Å². The third-order valence-corrected chi connectivity index (χ3v) is 7.32. The summed E-state index contributed by atoms with van der Waals surface area (Å²) in [7, 11) is 0. The Balaban J connectivity index is 1.42. The average Bonchev–Trinajstić information content (AvgIpc) is 3.28. The first kappa shape index (κ1) is 30.4. The number of urea groups is 1. The molecule has 2 heterocycles. The second kappa shape index (κ2) is 13.1. The molecule has 3 aromatic carbocycles. The summed E-state index contributed by atoms with van der Waals surface area (Å²) in [6.45, 7) is 8.58. The Hall–Kier alpha value is -5.02. The normalized spacial score (nSPS) is 14.2. The molecule has 44 heavy (non-hydrogen) atoms. The highest BCUT2D eigenvalue weighted by Gasteiger charge is 2.38. The predicted octanol–water partition coefficient (Wildman–Crippen LogP) is 6.79. The molecule has 9 nitrogen and oxygen atoms in total. The van der Waals surface area contributed by atoms with Crippen LogP contribution in [0.3, 0.4) is 0 Å². The number of carbonyl (C=O) groups is 3. The van der Waals surface area contributed by atoms with E-state index in [-0.39, 0.29) is 11.3 Å². The maximum atomic E-state index is 13.7. The summed E-state index contributed by atoms with van der Waals surface area (Å²) in [5, 5.41) is 2.96. The molecule has 0 unspecified atom stereocenters. The number of aryl methyl sites for hydroxylation is 1. The van der Waals surface area contributed by atoms with E-state index in [0.717, 1.165) is 27.5 Å². The van der Waals surface area contributed by atoms with Gasteiger partial charge in [0, 0.05) is 28.2 Å². The van der Waals surface area contributed by atoms with Crippen LogP contribution in [0.2, 0.25) is 5.02 Å². The van der Waals surface area contributed by atoms with Gasteiger partial charge in [-0.15, -0.1) is 0 Å². The van der Waals surface area contributed by atoms with Gasteiger partial charge in [-0.3, -0.25) is 14.9 Å². The lowest BCUT2D eigenvalue weighted by molar-refractivity contribution is -0.122. The fourth-order valence-electron chi connectivity index (χ4n) is 5.01. The molecule has 1 aromatic heterocycles. The molecule has 1 fully saturated rings. The molecule has 0 saturated carbocycles. The molecule has 0 bridgehead atoms. The molecule has 1 aliphatic heterocycles. The molecular weight excluding hydrogens is 582 g/mol. The van der Waals surface area contributed by atoms with E-state index in [9.17, 15) is 14.4 Å². The second-order valence-corrected chi connectivity index (χ2v) is 10.5. The lowest BCUT2D eigenvalue weighted by Gasteiger charge is -2.28. The summed E-state index contributed by atoms with van der Waals surface area (Å²) in [6, 6.07) is 21.0. The van der Waals surface area contributed by atoms with Crippen molar-refractivity contribution in [1.82, 2.24) is 9.88 Å². The Bertz CT molecular complexity index is 1740. The molecule has 4 aromatic rings. The van der Waals surface area contributed by atoms with Gasteiger partial charge in [-0.2, -0.15) is 0 Å². The van der Waals surface area contributed by atoms with E-state index in [4.69, 9.17) is 25.8 Å².